The summed E-state index contributed by atoms with van der Waals surface area (Å²) in [6, 6.07) is 11.8. The van der Waals surface area contributed by atoms with Crippen LogP contribution in [-0.2, 0) is 0 Å². The standard InChI is InChI=1S/C18H18IN3O4S/c1-26-15-7-6-11(10-13(15)19)16(24)22-18(27)21-14-5-3-2-4-12(14)17(25)20-8-9-23/h2-7,10,23H,8-9H2,1H3,(H,20,25)(H2,21,22,24,27). The summed E-state index contributed by atoms with van der Waals surface area (Å²) in [5.74, 6) is -0.0584. The van der Waals surface area contributed by atoms with Gasteiger partial charge >= 0.3 is 0 Å². The summed E-state index contributed by atoms with van der Waals surface area (Å²) < 4.78 is 5.97. The van der Waals surface area contributed by atoms with E-state index in [1.54, 1.807) is 49.6 Å². The van der Waals surface area contributed by atoms with Gasteiger partial charge < -0.3 is 20.5 Å². The lowest BCUT2D eigenvalue weighted by Crippen LogP contribution is -2.35. The molecule has 0 heterocycles. The molecule has 4 N–H and O–H groups in total. The van der Waals surface area contributed by atoms with Crippen molar-refractivity contribution in [1.29, 1.82) is 0 Å². The van der Waals surface area contributed by atoms with E-state index in [0.29, 0.717) is 22.6 Å². The number of hydrogen-bond acceptors (Lipinski definition) is 5. The number of methoxy groups -OCH3 is 1. The molecule has 0 aliphatic rings. The van der Waals surface area contributed by atoms with Crippen LogP contribution in [0.25, 0.3) is 0 Å². The van der Waals surface area contributed by atoms with Crippen molar-refractivity contribution in [1.82, 2.24) is 10.6 Å². The summed E-state index contributed by atoms with van der Waals surface area (Å²) in [4.78, 5) is 24.5. The fourth-order valence-electron chi connectivity index (χ4n) is 2.19. The van der Waals surface area contributed by atoms with E-state index in [0.717, 1.165) is 3.57 Å². The Morgan fingerprint density at radius 3 is 2.59 bits per heavy atom. The fraction of sp³-hybridized carbons (Fsp3) is 0.167. The third kappa shape index (κ3) is 5.88. The van der Waals surface area contributed by atoms with Crippen LogP contribution in [0.2, 0.25) is 0 Å². The Labute approximate surface area is 175 Å². The number of amides is 2. The molecular weight excluding hydrogens is 481 g/mol. The summed E-state index contributed by atoms with van der Waals surface area (Å²) in [7, 11) is 1.56. The fourth-order valence-corrected chi connectivity index (χ4v) is 3.13. The number of halogens is 1. The van der Waals surface area contributed by atoms with Gasteiger partial charge in [-0.15, -0.1) is 0 Å². The lowest BCUT2D eigenvalue weighted by atomic mass is 10.1. The monoisotopic (exact) mass is 499 g/mol. The lowest BCUT2D eigenvalue weighted by Gasteiger charge is -2.13. The number of rotatable bonds is 6. The number of thiocarbonyl (C=S) groups is 1. The van der Waals surface area contributed by atoms with Crippen LogP contribution >= 0.6 is 34.8 Å². The molecule has 0 aliphatic carbocycles. The normalized spacial score (nSPS) is 10.0. The Bertz CT molecular complexity index is 860. The average molecular weight is 499 g/mol. The van der Waals surface area contributed by atoms with Crippen LogP contribution in [0.15, 0.2) is 42.5 Å². The van der Waals surface area contributed by atoms with Crippen LogP contribution in [0, 0.1) is 3.57 Å². The van der Waals surface area contributed by atoms with E-state index in [-0.39, 0.29) is 30.1 Å². The number of hydrogen-bond donors (Lipinski definition) is 4. The molecule has 2 amide bonds. The molecule has 142 valence electrons. The minimum Gasteiger partial charge on any atom is -0.496 e. The largest absolute Gasteiger partial charge is 0.496 e. The van der Waals surface area contributed by atoms with E-state index < -0.39 is 0 Å². The molecule has 0 bridgehead atoms. The van der Waals surface area contributed by atoms with Crippen molar-refractivity contribution in [3.05, 3.63) is 57.2 Å². The molecule has 0 fully saturated rings. The molecule has 0 aromatic heterocycles. The number of carbonyl (C=O) groups is 2. The average Bonchev–Trinajstić information content (AvgIpc) is 2.66. The van der Waals surface area contributed by atoms with E-state index >= 15 is 0 Å². The van der Waals surface area contributed by atoms with Gasteiger partial charge in [0.25, 0.3) is 11.8 Å². The molecule has 2 rings (SSSR count). The van der Waals surface area contributed by atoms with E-state index in [1.165, 1.54) is 0 Å². The van der Waals surface area contributed by atoms with E-state index in [9.17, 15) is 9.59 Å². The van der Waals surface area contributed by atoms with Crippen LogP contribution < -0.4 is 20.7 Å². The van der Waals surface area contributed by atoms with E-state index in [4.69, 9.17) is 22.1 Å². The molecule has 27 heavy (non-hydrogen) atoms. The SMILES string of the molecule is COc1ccc(C(=O)NC(=S)Nc2ccccc2C(=O)NCCO)cc1I. The molecule has 0 saturated heterocycles. The summed E-state index contributed by atoms with van der Waals surface area (Å²) in [5.41, 5.74) is 1.22. The third-order valence-electron chi connectivity index (χ3n) is 3.46. The van der Waals surface area contributed by atoms with Crippen molar-refractivity contribution >= 4 is 57.4 Å². The van der Waals surface area contributed by atoms with Gasteiger partial charge in [0.15, 0.2) is 5.11 Å². The van der Waals surface area contributed by atoms with Crippen LogP contribution in [-0.4, -0.2) is 42.3 Å². The van der Waals surface area contributed by atoms with E-state index in [1.807, 2.05) is 0 Å². The van der Waals surface area contributed by atoms with Crippen LogP contribution in [0.5, 0.6) is 5.75 Å². The van der Waals surface area contributed by atoms with Crippen LogP contribution in [0.1, 0.15) is 20.7 Å². The summed E-state index contributed by atoms with van der Waals surface area (Å²) in [6.07, 6.45) is 0. The first-order valence-electron chi connectivity index (χ1n) is 7.90. The zero-order chi connectivity index (χ0) is 19.8. The Morgan fingerprint density at radius 1 is 1.19 bits per heavy atom. The first-order chi connectivity index (χ1) is 13.0. The molecule has 9 heteroatoms. The number of carbonyl (C=O) groups excluding carboxylic acids is 2. The molecular formula is C18H18IN3O4S. The van der Waals surface area contributed by atoms with Gasteiger partial charge in [-0.3, -0.25) is 14.9 Å². The highest BCUT2D eigenvalue weighted by Crippen LogP contribution is 2.21. The number of benzene rings is 2. The predicted molar refractivity (Wildman–Crippen MR) is 115 cm³/mol. The first-order valence-corrected chi connectivity index (χ1v) is 9.39. The van der Waals surface area contributed by atoms with Gasteiger partial charge in [-0.05, 0) is 65.1 Å². The summed E-state index contributed by atoms with van der Waals surface area (Å²) in [5, 5.41) is 16.9. The smallest absolute Gasteiger partial charge is 0.257 e. The number of aliphatic hydroxyl groups is 1. The van der Waals surface area contributed by atoms with Crippen molar-refractivity contribution < 1.29 is 19.4 Å². The third-order valence-corrected chi connectivity index (χ3v) is 4.51. The van der Waals surface area contributed by atoms with Gasteiger partial charge in [-0.25, -0.2) is 0 Å². The molecule has 0 saturated carbocycles. The quantitative estimate of drug-likeness (QED) is 0.359. The van der Waals surface area contributed by atoms with Gasteiger partial charge in [-0.1, -0.05) is 12.1 Å². The van der Waals surface area contributed by atoms with Gasteiger partial charge in [0.1, 0.15) is 5.75 Å². The summed E-state index contributed by atoms with van der Waals surface area (Å²) in [6.45, 7) is -0.0130. The van der Waals surface area contributed by atoms with E-state index in [2.05, 4.69) is 38.5 Å². The number of ether oxygens (including phenoxy) is 1. The second-order valence-electron chi connectivity index (χ2n) is 5.28. The highest BCUT2D eigenvalue weighted by atomic mass is 127. The molecule has 0 spiro atoms. The van der Waals surface area contributed by atoms with Gasteiger partial charge in [0, 0.05) is 12.1 Å². The second kappa shape index (κ2) is 10.2. The molecule has 7 nitrogen and oxygen atoms in total. The summed E-state index contributed by atoms with van der Waals surface area (Å²) >= 11 is 7.26. The maximum atomic E-state index is 12.4. The van der Waals surface area contributed by atoms with Crippen molar-refractivity contribution in [2.45, 2.75) is 0 Å². The Morgan fingerprint density at radius 2 is 1.93 bits per heavy atom. The first kappa shape index (κ1) is 21.1. The highest BCUT2D eigenvalue weighted by molar-refractivity contribution is 14.1. The number of nitrogens with one attached hydrogen (secondary N) is 3. The molecule has 0 aliphatic heterocycles. The van der Waals surface area contributed by atoms with Gasteiger partial charge in [-0.2, -0.15) is 0 Å². The number of aliphatic hydroxyl groups excluding tert-OH is 1. The minimum absolute atomic E-state index is 0.0632. The zero-order valence-corrected chi connectivity index (χ0v) is 17.4. The number of anilines is 1. The molecule has 0 radical (unpaired) electrons. The van der Waals surface area contributed by atoms with Crippen molar-refractivity contribution in [2.75, 3.05) is 25.6 Å². The predicted octanol–water partition coefficient (Wildman–Crippen LogP) is 2.15. The molecule has 2 aromatic carbocycles. The van der Waals surface area contributed by atoms with Gasteiger partial charge in [0.2, 0.25) is 0 Å². The maximum absolute atomic E-state index is 12.4. The Kier molecular flexibility index (Phi) is 7.95. The van der Waals surface area contributed by atoms with Crippen LogP contribution in [0.3, 0.4) is 0 Å². The molecule has 0 atom stereocenters. The van der Waals surface area contributed by atoms with Crippen molar-refractivity contribution in [3.63, 3.8) is 0 Å². The van der Waals surface area contributed by atoms with Crippen molar-refractivity contribution in [3.8, 4) is 5.75 Å². The van der Waals surface area contributed by atoms with Crippen LogP contribution in [0.4, 0.5) is 5.69 Å². The lowest BCUT2D eigenvalue weighted by molar-refractivity contribution is 0.0944. The van der Waals surface area contributed by atoms with Crippen molar-refractivity contribution in [2.24, 2.45) is 0 Å². The topological polar surface area (TPSA) is 99.7 Å². The second-order valence-corrected chi connectivity index (χ2v) is 6.85. The maximum Gasteiger partial charge on any atom is 0.257 e. The minimum atomic E-state index is -0.379. The highest BCUT2D eigenvalue weighted by Gasteiger charge is 2.14. The zero-order valence-electron chi connectivity index (χ0n) is 14.4. The number of para-hydroxylation sites is 1. The Hall–Kier alpha value is -2.24. The van der Waals surface area contributed by atoms with Gasteiger partial charge in [0.05, 0.1) is 28.5 Å². The molecule has 0 unspecified atom stereocenters. The Balaban J connectivity index is 2.06. The molecule has 2 aromatic rings.